The van der Waals surface area contributed by atoms with Crippen LogP contribution in [-0.2, 0) is 9.53 Å². The van der Waals surface area contributed by atoms with Crippen LogP contribution in [0.2, 0.25) is 0 Å². The highest BCUT2D eigenvalue weighted by Crippen LogP contribution is 2.24. The maximum atomic E-state index is 11.9. The summed E-state index contributed by atoms with van der Waals surface area (Å²) in [6.07, 6.45) is 0. The van der Waals surface area contributed by atoms with Crippen molar-refractivity contribution in [1.29, 1.82) is 0 Å². The summed E-state index contributed by atoms with van der Waals surface area (Å²) in [6, 6.07) is 2.83. The number of phenols is 2. The average Bonchev–Trinajstić information content (AvgIpc) is 2.30. The summed E-state index contributed by atoms with van der Waals surface area (Å²) in [7, 11) is 0. The number of aromatic hydroxyl groups is 2. The molecule has 0 fully saturated rings. The molecular weight excluding hydrogens is 262 g/mol. The van der Waals surface area contributed by atoms with E-state index in [4.69, 9.17) is 9.84 Å². The number of carbonyl (C=O) groups is 2. The number of amides is 1. The standard InChI is InChI=1S/C14H19NO5/c1-8(13(19)20-14(2,3)4)15-12(18)9-5-6-10(16)11(17)7-9/h5-8,16-17H,1-4H3,(H,15,18)/t8-/m1/s1. The highest BCUT2D eigenvalue weighted by molar-refractivity contribution is 5.97. The number of phenolic OH excluding ortho intramolecular Hbond substituents is 2. The zero-order valence-corrected chi connectivity index (χ0v) is 11.9. The van der Waals surface area contributed by atoms with E-state index in [9.17, 15) is 14.7 Å². The summed E-state index contributed by atoms with van der Waals surface area (Å²) in [5.74, 6) is -1.81. The van der Waals surface area contributed by atoms with Crippen molar-refractivity contribution < 1.29 is 24.5 Å². The highest BCUT2D eigenvalue weighted by Gasteiger charge is 2.23. The topological polar surface area (TPSA) is 95.9 Å². The fraction of sp³-hybridized carbons (Fsp3) is 0.429. The molecule has 1 aromatic rings. The quantitative estimate of drug-likeness (QED) is 0.577. The Balaban J connectivity index is 2.70. The predicted molar refractivity (Wildman–Crippen MR) is 72.5 cm³/mol. The van der Waals surface area contributed by atoms with Crippen LogP contribution in [0.3, 0.4) is 0 Å². The summed E-state index contributed by atoms with van der Waals surface area (Å²) < 4.78 is 5.14. The van der Waals surface area contributed by atoms with Crippen molar-refractivity contribution in [3.05, 3.63) is 23.8 Å². The molecule has 110 valence electrons. The fourth-order valence-corrected chi connectivity index (χ4v) is 1.39. The lowest BCUT2D eigenvalue weighted by atomic mass is 10.1. The Kier molecular flexibility index (Phi) is 4.60. The Hall–Kier alpha value is -2.24. The third-order valence-electron chi connectivity index (χ3n) is 2.35. The van der Waals surface area contributed by atoms with Gasteiger partial charge in [-0.25, -0.2) is 4.79 Å². The van der Waals surface area contributed by atoms with Crippen LogP contribution in [0.1, 0.15) is 38.1 Å². The molecule has 0 unspecified atom stereocenters. The molecule has 0 aromatic heterocycles. The lowest BCUT2D eigenvalue weighted by Crippen LogP contribution is -2.42. The second kappa shape index (κ2) is 5.81. The van der Waals surface area contributed by atoms with Crippen molar-refractivity contribution in [2.45, 2.75) is 39.3 Å². The van der Waals surface area contributed by atoms with E-state index in [1.54, 1.807) is 20.8 Å². The van der Waals surface area contributed by atoms with Gasteiger partial charge < -0.3 is 20.3 Å². The zero-order chi connectivity index (χ0) is 15.5. The van der Waals surface area contributed by atoms with Gasteiger partial charge in [-0.3, -0.25) is 4.79 Å². The highest BCUT2D eigenvalue weighted by atomic mass is 16.6. The Bertz CT molecular complexity index is 519. The summed E-state index contributed by atoms with van der Waals surface area (Å²) in [6.45, 7) is 6.71. The van der Waals surface area contributed by atoms with Crippen LogP contribution in [0.5, 0.6) is 11.5 Å². The van der Waals surface area contributed by atoms with E-state index >= 15 is 0 Å². The molecule has 0 saturated carbocycles. The lowest BCUT2D eigenvalue weighted by molar-refractivity contribution is -0.156. The van der Waals surface area contributed by atoms with Gasteiger partial charge in [-0.1, -0.05) is 0 Å². The van der Waals surface area contributed by atoms with Gasteiger partial charge in [0.1, 0.15) is 11.6 Å². The first kappa shape index (κ1) is 15.8. The second-order valence-electron chi connectivity index (χ2n) is 5.43. The first-order valence-electron chi connectivity index (χ1n) is 6.16. The Labute approximate surface area is 117 Å². The Morgan fingerprint density at radius 1 is 1.20 bits per heavy atom. The van der Waals surface area contributed by atoms with Crippen molar-refractivity contribution in [3.8, 4) is 11.5 Å². The van der Waals surface area contributed by atoms with Gasteiger partial charge in [-0.15, -0.1) is 0 Å². The number of nitrogens with one attached hydrogen (secondary N) is 1. The monoisotopic (exact) mass is 281 g/mol. The summed E-state index contributed by atoms with van der Waals surface area (Å²) >= 11 is 0. The van der Waals surface area contributed by atoms with Gasteiger partial charge in [-0.2, -0.15) is 0 Å². The van der Waals surface area contributed by atoms with Crippen LogP contribution in [0, 0.1) is 0 Å². The lowest BCUT2D eigenvalue weighted by Gasteiger charge is -2.22. The number of carbonyl (C=O) groups excluding carboxylic acids is 2. The van der Waals surface area contributed by atoms with Gasteiger partial charge >= 0.3 is 5.97 Å². The number of benzene rings is 1. The van der Waals surface area contributed by atoms with Gasteiger partial charge in [-0.05, 0) is 45.9 Å². The molecule has 6 heteroatoms. The molecule has 0 aliphatic heterocycles. The molecule has 20 heavy (non-hydrogen) atoms. The summed E-state index contributed by atoms with van der Waals surface area (Å²) in [4.78, 5) is 23.6. The molecular formula is C14H19NO5. The molecule has 1 aromatic carbocycles. The molecule has 1 rings (SSSR count). The SMILES string of the molecule is C[C@@H](NC(=O)c1ccc(O)c(O)c1)C(=O)OC(C)(C)C. The fourth-order valence-electron chi connectivity index (χ4n) is 1.39. The van der Waals surface area contributed by atoms with Crippen molar-refractivity contribution in [2.75, 3.05) is 0 Å². The minimum absolute atomic E-state index is 0.135. The maximum absolute atomic E-state index is 11.9. The van der Waals surface area contributed by atoms with Crippen LogP contribution in [-0.4, -0.2) is 33.7 Å². The average molecular weight is 281 g/mol. The van der Waals surface area contributed by atoms with Crippen molar-refractivity contribution in [2.24, 2.45) is 0 Å². The molecule has 1 atom stereocenters. The number of rotatable bonds is 3. The minimum atomic E-state index is -0.822. The van der Waals surface area contributed by atoms with Gasteiger partial charge in [0.2, 0.25) is 0 Å². The third-order valence-corrected chi connectivity index (χ3v) is 2.35. The van der Waals surface area contributed by atoms with Gasteiger partial charge in [0.25, 0.3) is 5.91 Å². The molecule has 0 aliphatic carbocycles. The number of hydrogen-bond acceptors (Lipinski definition) is 5. The molecule has 3 N–H and O–H groups in total. The second-order valence-corrected chi connectivity index (χ2v) is 5.43. The molecule has 0 aliphatic rings. The smallest absolute Gasteiger partial charge is 0.328 e. The van der Waals surface area contributed by atoms with E-state index in [1.807, 2.05) is 0 Å². The first-order chi connectivity index (χ1) is 9.10. The van der Waals surface area contributed by atoms with Gasteiger partial charge in [0.15, 0.2) is 11.5 Å². The van der Waals surface area contributed by atoms with E-state index in [2.05, 4.69) is 5.32 Å². The van der Waals surface area contributed by atoms with Gasteiger partial charge in [0.05, 0.1) is 0 Å². The van der Waals surface area contributed by atoms with E-state index in [-0.39, 0.29) is 11.3 Å². The Morgan fingerprint density at radius 3 is 2.30 bits per heavy atom. The largest absolute Gasteiger partial charge is 0.504 e. The number of hydrogen-bond donors (Lipinski definition) is 3. The molecule has 0 radical (unpaired) electrons. The zero-order valence-electron chi connectivity index (χ0n) is 11.9. The van der Waals surface area contributed by atoms with Gasteiger partial charge in [0, 0.05) is 5.56 Å². The summed E-state index contributed by atoms with van der Waals surface area (Å²) in [5, 5.41) is 20.9. The summed E-state index contributed by atoms with van der Waals surface area (Å²) in [5.41, 5.74) is -0.497. The van der Waals surface area contributed by atoms with E-state index in [1.165, 1.54) is 19.1 Å². The molecule has 0 spiro atoms. The van der Waals surface area contributed by atoms with Crippen LogP contribution in [0.15, 0.2) is 18.2 Å². The molecule has 0 saturated heterocycles. The molecule has 6 nitrogen and oxygen atoms in total. The number of esters is 1. The van der Waals surface area contributed by atoms with Crippen molar-refractivity contribution >= 4 is 11.9 Å². The van der Waals surface area contributed by atoms with Crippen molar-refractivity contribution in [3.63, 3.8) is 0 Å². The molecule has 0 bridgehead atoms. The van der Waals surface area contributed by atoms with E-state index in [0.717, 1.165) is 6.07 Å². The Morgan fingerprint density at radius 2 is 1.80 bits per heavy atom. The van der Waals surface area contributed by atoms with Crippen LogP contribution < -0.4 is 5.32 Å². The van der Waals surface area contributed by atoms with Crippen LogP contribution in [0.4, 0.5) is 0 Å². The van der Waals surface area contributed by atoms with E-state index in [0.29, 0.717) is 0 Å². The third kappa shape index (κ3) is 4.46. The maximum Gasteiger partial charge on any atom is 0.328 e. The van der Waals surface area contributed by atoms with Crippen molar-refractivity contribution in [1.82, 2.24) is 5.32 Å². The first-order valence-corrected chi connectivity index (χ1v) is 6.16. The predicted octanol–water partition coefficient (Wildman–Crippen LogP) is 1.56. The minimum Gasteiger partial charge on any atom is -0.504 e. The number of ether oxygens (including phenoxy) is 1. The molecule has 1 amide bonds. The van der Waals surface area contributed by atoms with Crippen LogP contribution >= 0.6 is 0 Å². The normalized spacial score (nSPS) is 12.6. The van der Waals surface area contributed by atoms with Crippen LogP contribution in [0.25, 0.3) is 0 Å². The molecule has 0 heterocycles. The van der Waals surface area contributed by atoms with E-state index < -0.39 is 29.3 Å².